The van der Waals surface area contributed by atoms with Crippen LogP contribution < -0.4 is 10.6 Å². The van der Waals surface area contributed by atoms with Gasteiger partial charge in [0.1, 0.15) is 0 Å². The summed E-state index contributed by atoms with van der Waals surface area (Å²) < 4.78 is 0. The molecule has 0 saturated carbocycles. The summed E-state index contributed by atoms with van der Waals surface area (Å²) in [4.78, 5) is 18.5. The molecule has 26 heavy (non-hydrogen) atoms. The van der Waals surface area contributed by atoms with Crippen LogP contribution >= 0.6 is 0 Å². The molecule has 5 heteroatoms. The lowest BCUT2D eigenvalue weighted by Gasteiger charge is -2.29. The van der Waals surface area contributed by atoms with E-state index in [0.717, 1.165) is 32.0 Å². The summed E-state index contributed by atoms with van der Waals surface area (Å²) in [6.07, 6.45) is 0.959. The van der Waals surface area contributed by atoms with Gasteiger partial charge in [-0.2, -0.15) is 0 Å². The summed E-state index contributed by atoms with van der Waals surface area (Å²) in [7, 11) is 1.79. The van der Waals surface area contributed by atoms with Gasteiger partial charge in [-0.3, -0.25) is 9.79 Å². The van der Waals surface area contributed by atoms with Gasteiger partial charge in [0.05, 0.1) is 0 Å². The van der Waals surface area contributed by atoms with Crippen molar-refractivity contribution in [1.82, 2.24) is 15.5 Å². The molecule has 1 unspecified atom stereocenters. The Morgan fingerprint density at radius 1 is 1.35 bits per heavy atom. The van der Waals surface area contributed by atoms with Gasteiger partial charge in [0.2, 0.25) is 5.91 Å². The number of hydrogen-bond donors (Lipinski definition) is 2. The van der Waals surface area contributed by atoms with Gasteiger partial charge >= 0.3 is 0 Å². The zero-order valence-corrected chi connectivity index (χ0v) is 17.1. The predicted molar refractivity (Wildman–Crippen MR) is 109 cm³/mol. The smallest absolute Gasteiger partial charge is 0.225 e. The maximum absolute atomic E-state index is 12.1. The molecule has 1 aliphatic rings. The van der Waals surface area contributed by atoms with Gasteiger partial charge in [-0.1, -0.05) is 52.0 Å². The van der Waals surface area contributed by atoms with Crippen LogP contribution in [0, 0.1) is 12.8 Å². The van der Waals surface area contributed by atoms with Gasteiger partial charge < -0.3 is 15.5 Å². The molecule has 1 amide bonds. The Morgan fingerprint density at radius 3 is 2.65 bits per heavy atom. The van der Waals surface area contributed by atoms with E-state index in [2.05, 4.69) is 60.7 Å². The SMILES string of the molecule is CN=C(NCC(C)(C)c1ccccc1C)NC1CCN(C(=O)C(C)C)C1. The molecule has 0 bridgehead atoms. The third-order valence-electron chi connectivity index (χ3n) is 5.13. The fourth-order valence-corrected chi connectivity index (χ4v) is 3.56. The molecule has 1 atom stereocenters. The average molecular weight is 359 g/mol. The normalized spacial score (nSPS) is 18.3. The van der Waals surface area contributed by atoms with E-state index in [9.17, 15) is 4.79 Å². The monoisotopic (exact) mass is 358 g/mol. The van der Waals surface area contributed by atoms with E-state index in [1.165, 1.54) is 11.1 Å². The third kappa shape index (κ3) is 4.99. The summed E-state index contributed by atoms with van der Waals surface area (Å²) in [6, 6.07) is 8.77. The van der Waals surface area contributed by atoms with E-state index in [4.69, 9.17) is 0 Å². The molecule has 1 heterocycles. The Morgan fingerprint density at radius 2 is 2.04 bits per heavy atom. The molecule has 1 aromatic rings. The minimum absolute atomic E-state index is 0.00170. The molecule has 2 rings (SSSR count). The van der Waals surface area contributed by atoms with E-state index in [1.54, 1.807) is 7.05 Å². The van der Waals surface area contributed by atoms with Crippen molar-refractivity contribution in [3.63, 3.8) is 0 Å². The van der Waals surface area contributed by atoms with E-state index in [-0.39, 0.29) is 23.3 Å². The molecule has 2 N–H and O–H groups in total. The fourth-order valence-electron chi connectivity index (χ4n) is 3.56. The lowest BCUT2D eigenvalue weighted by Crippen LogP contribution is -2.48. The van der Waals surface area contributed by atoms with Crippen LogP contribution in [-0.2, 0) is 10.2 Å². The number of nitrogens with one attached hydrogen (secondary N) is 2. The standard InChI is InChI=1S/C21H34N4O/c1-15(2)19(26)25-12-11-17(13-25)24-20(22-6)23-14-21(4,5)18-10-8-7-9-16(18)3/h7-10,15,17H,11-14H2,1-6H3,(H2,22,23,24). The molecule has 144 valence electrons. The third-order valence-corrected chi connectivity index (χ3v) is 5.13. The van der Waals surface area contributed by atoms with Crippen molar-refractivity contribution in [3.05, 3.63) is 35.4 Å². The van der Waals surface area contributed by atoms with Gasteiger partial charge in [0.25, 0.3) is 0 Å². The number of aryl methyl sites for hydroxylation is 1. The van der Waals surface area contributed by atoms with Crippen LogP contribution in [0.25, 0.3) is 0 Å². The quantitative estimate of drug-likeness (QED) is 0.628. The number of nitrogens with zero attached hydrogens (tertiary/aromatic N) is 2. The largest absolute Gasteiger partial charge is 0.356 e. The zero-order valence-electron chi connectivity index (χ0n) is 17.1. The van der Waals surface area contributed by atoms with Crippen molar-refractivity contribution in [1.29, 1.82) is 0 Å². The van der Waals surface area contributed by atoms with Crippen LogP contribution in [0.4, 0.5) is 0 Å². The predicted octanol–water partition coefficient (Wildman–Crippen LogP) is 2.69. The molecule has 1 saturated heterocycles. The summed E-state index contributed by atoms with van der Waals surface area (Å²) in [5.74, 6) is 1.09. The fraction of sp³-hybridized carbons (Fsp3) is 0.619. The van der Waals surface area contributed by atoms with E-state index >= 15 is 0 Å². The Labute approximate surface area is 158 Å². The second-order valence-corrected chi connectivity index (χ2v) is 8.19. The minimum atomic E-state index is -0.00170. The van der Waals surface area contributed by atoms with E-state index in [0.29, 0.717) is 0 Å². The first-order valence-electron chi connectivity index (χ1n) is 9.56. The molecule has 0 aliphatic carbocycles. The van der Waals surface area contributed by atoms with Crippen LogP contribution in [0.15, 0.2) is 29.3 Å². The highest BCUT2D eigenvalue weighted by Crippen LogP contribution is 2.25. The number of hydrogen-bond acceptors (Lipinski definition) is 2. The van der Waals surface area contributed by atoms with Crippen LogP contribution in [-0.4, -0.2) is 49.5 Å². The van der Waals surface area contributed by atoms with Crippen LogP contribution in [0.5, 0.6) is 0 Å². The molecule has 1 aromatic carbocycles. The topological polar surface area (TPSA) is 56.7 Å². The summed E-state index contributed by atoms with van der Waals surface area (Å²) in [5.41, 5.74) is 2.65. The molecule has 0 radical (unpaired) electrons. The van der Waals surface area contributed by atoms with Gasteiger partial charge in [0.15, 0.2) is 5.96 Å². The maximum Gasteiger partial charge on any atom is 0.225 e. The first-order chi connectivity index (χ1) is 12.2. The molecule has 1 fully saturated rings. The number of likely N-dealkylation sites (tertiary alicyclic amines) is 1. The van der Waals surface area contributed by atoms with Crippen molar-refractivity contribution < 1.29 is 4.79 Å². The highest BCUT2D eigenvalue weighted by molar-refractivity contribution is 5.81. The minimum Gasteiger partial charge on any atom is -0.356 e. The molecule has 5 nitrogen and oxygen atoms in total. The molecular weight excluding hydrogens is 324 g/mol. The van der Waals surface area contributed by atoms with Gasteiger partial charge in [-0.25, -0.2) is 0 Å². The number of carbonyl (C=O) groups excluding carboxylic acids is 1. The van der Waals surface area contributed by atoms with E-state index in [1.807, 2.05) is 18.7 Å². The number of carbonyl (C=O) groups is 1. The number of benzene rings is 1. The lowest BCUT2D eigenvalue weighted by molar-refractivity contribution is -0.133. The van der Waals surface area contributed by atoms with Gasteiger partial charge in [0, 0.05) is 44.1 Å². The number of rotatable bonds is 5. The number of amides is 1. The molecule has 0 spiro atoms. The zero-order chi connectivity index (χ0) is 19.3. The van der Waals surface area contributed by atoms with Gasteiger partial charge in [-0.05, 0) is 24.5 Å². The first-order valence-corrected chi connectivity index (χ1v) is 9.56. The Balaban J connectivity index is 1.91. The average Bonchev–Trinajstić information content (AvgIpc) is 3.06. The first kappa shape index (κ1) is 20.3. The van der Waals surface area contributed by atoms with Crippen LogP contribution in [0.3, 0.4) is 0 Å². The Hall–Kier alpha value is -2.04. The summed E-state index contributed by atoms with van der Waals surface area (Å²) >= 11 is 0. The highest BCUT2D eigenvalue weighted by atomic mass is 16.2. The summed E-state index contributed by atoms with van der Waals surface area (Å²) in [5, 5.41) is 6.94. The Kier molecular flexibility index (Phi) is 6.68. The number of aliphatic imine (C=N–C) groups is 1. The van der Waals surface area contributed by atoms with Gasteiger partial charge in [-0.15, -0.1) is 0 Å². The van der Waals surface area contributed by atoms with Crippen molar-refractivity contribution in [3.8, 4) is 0 Å². The molecule has 1 aliphatic heterocycles. The molecule has 0 aromatic heterocycles. The van der Waals surface area contributed by atoms with Crippen LogP contribution in [0.2, 0.25) is 0 Å². The van der Waals surface area contributed by atoms with Crippen LogP contribution in [0.1, 0.15) is 45.2 Å². The van der Waals surface area contributed by atoms with E-state index < -0.39 is 0 Å². The number of guanidine groups is 1. The second-order valence-electron chi connectivity index (χ2n) is 8.19. The lowest BCUT2D eigenvalue weighted by atomic mass is 9.82. The van der Waals surface area contributed by atoms with Crippen molar-refractivity contribution >= 4 is 11.9 Å². The maximum atomic E-state index is 12.1. The van der Waals surface area contributed by atoms with Crippen molar-refractivity contribution in [2.45, 2.75) is 52.5 Å². The molecular formula is C21H34N4O. The Bertz CT molecular complexity index is 651. The highest BCUT2D eigenvalue weighted by Gasteiger charge is 2.28. The van der Waals surface area contributed by atoms with Crippen molar-refractivity contribution in [2.24, 2.45) is 10.9 Å². The summed E-state index contributed by atoms with van der Waals surface area (Å²) in [6.45, 7) is 12.9. The van der Waals surface area contributed by atoms with Crippen molar-refractivity contribution in [2.75, 3.05) is 26.7 Å². The second kappa shape index (κ2) is 8.56.